The molecule has 6 N–H and O–H groups in total. The van der Waals surface area contributed by atoms with Crippen molar-refractivity contribution in [2.24, 2.45) is 22.2 Å². The smallest absolute Gasteiger partial charge is 0.326 e. The van der Waals surface area contributed by atoms with Crippen molar-refractivity contribution in [3.63, 3.8) is 0 Å². The van der Waals surface area contributed by atoms with Gasteiger partial charge < -0.3 is 78.4 Å². The number of unbranched alkanes of at least 4 members (excludes halogenated alkanes) is 5. The molecule has 4 unspecified atom stereocenters. The van der Waals surface area contributed by atoms with Crippen molar-refractivity contribution in [3.05, 3.63) is 119 Å². The molecule has 10 rings (SSSR count). The van der Waals surface area contributed by atoms with Gasteiger partial charge in [-0.15, -0.1) is 0 Å². The van der Waals surface area contributed by atoms with E-state index in [0.717, 1.165) is 24.7 Å². The van der Waals surface area contributed by atoms with E-state index in [-0.39, 0.29) is 75.5 Å². The highest BCUT2D eigenvalue weighted by atomic mass is 32.2. The third-order valence-corrected chi connectivity index (χ3v) is 29.2. The molecule has 0 aromatic heterocycles. The van der Waals surface area contributed by atoms with E-state index in [0.29, 0.717) is 173 Å². The molecule has 4 bridgehead atoms. The Kier molecular flexibility index (Phi) is 29.9. The van der Waals surface area contributed by atoms with Crippen molar-refractivity contribution in [2.75, 3.05) is 42.6 Å². The topological polar surface area (TPSA) is 518 Å². The molecule has 4 saturated carbocycles. The molecule has 2 aliphatic heterocycles. The normalized spacial score (nSPS) is 23.1. The van der Waals surface area contributed by atoms with E-state index in [9.17, 15) is 115 Å². The van der Waals surface area contributed by atoms with E-state index in [1.54, 1.807) is 6.07 Å². The zero-order valence-corrected chi connectivity index (χ0v) is 70.3. The van der Waals surface area contributed by atoms with Gasteiger partial charge in [0.05, 0.1) is 36.1 Å². The summed E-state index contributed by atoms with van der Waals surface area (Å²) >= 11 is 0. The molecular formula is C81H104N5O26PS4-4. The molecular weight excluding hydrogens is 1620 g/mol. The number of carboxylic acid groups (broad SMARTS) is 3. The van der Waals surface area contributed by atoms with E-state index >= 15 is 0 Å². The number of allylic oxidation sites excluding steroid dienone is 7. The van der Waals surface area contributed by atoms with Gasteiger partial charge in [-0.05, 0) is 248 Å². The fraction of sp³-hybridized carbons (Fsp3) is 0.568. The van der Waals surface area contributed by atoms with Gasteiger partial charge in [-0.2, -0.15) is 4.58 Å². The lowest BCUT2D eigenvalue weighted by Gasteiger charge is -2.71. The van der Waals surface area contributed by atoms with E-state index < -0.39 is 168 Å². The fourth-order valence-corrected chi connectivity index (χ4v) is 23.2. The third kappa shape index (κ3) is 24.1. The molecule has 4 fully saturated rings. The number of carbonyl (C=O) groups is 8. The lowest BCUT2D eigenvalue weighted by molar-refractivity contribution is -0.438. The Bertz CT molecular complexity index is 4980. The summed E-state index contributed by atoms with van der Waals surface area (Å²) in [5.41, 5.74) is 0.839. The number of carbonyl (C=O) groups excluding carboxylic acids is 6. The summed E-state index contributed by atoms with van der Waals surface area (Å²) in [7, 11) is -23.5. The number of hydrogen-bond acceptors (Lipinski definition) is 24. The fourth-order valence-electron chi connectivity index (χ4n) is 19.3. The monoisotopic (exact) mass is 1720 g/mol. The van der Waals surface area contributed by atoms with Gasteiger partial charge in [-0.25, -0.2) is 38.5 Å². The number of rotatable bonds is 46. The Hall–Kier alpha value is -8.12. The van der Waals surface area contributed by atoms with Crippen LogP contribution >= 0.6 is 7.37 Å². The summed E-state index contributed by atoms with van der Waals surface area (Å²) in [4.78, 5) is 111. The lowest BCUT2D eigenvalue weighted by atomic mass is 9.35. The van der Waals surface area contributed by atoms with Gasteiger partial charge in [0.1, 0.15) is 67.0 Å². The number of carboxylic acids is 3. The molecule has 36 heteroatoms. The van der Waals surface area contributed by atoms with Gasteiger partial charge in [-0.3, -0.25) is 23.7 Å². The van der Waals surface area contributed by atoms with Crippen LogP contribution in [0.15, 0.2) is 122 Å². The highest BCUT2D eigenvalue weighted by Gasteiger charge is 2.68. The van der Waals surface area contributed by atoms with Gasteiger partial charge in [0.2, 0.25) is 30.8 Å². The average molecular weight is 1720 g/mol. The van der Waals surface area contributed by atoms with Gasteiger partial charge in [0, 0.05) is 116 Å². The quantitative estimate of drug-likeness (QED) is 0.0102. The Morgan fingerprint density at radius 1 is 0.624 bits per heavy atom. The molecule has 3 aromatic rings. The number of ether oxygens (including phenoxy) is 1. The molecule has 2 heterocycles. The first-order chi connectivity index (χ1) is 54.7. The van der Waals surface area contributed by atoms with E-state index in [1.807, 2.05) is 61.5 Å². The minimum atomic E-state index is -4.90. The maximum atomic E-state index is 14.1. The summed E-state index contributed by atoms with van der Waals surface area (Å²) < 4.78 is 167. The Morgan fingerprint density at radius 3 is 1.79 bits per heavy atom. The second kappa shape index (κ2) is 37.7. The summed E-state index contributed by atoms with van der Waals surface area (Å²) in [6.45, 7) is 8.36. The van der Waals surface area contributed by atoms with Crippen LogP contribution in [0.25, 0.3) is 0 Å². The van der Waals surface area contributed by atoms with Crippen LogP contribution in [0, 0.1) is 22.2 Å². The van der Waals surface area contributed by atoms with Crippen LogP contribution < -0.4 is 30.7 Å². The minimum absolute atomic E-state index is 0.0214. The first kappa shape index (κ1) is 92.8. The molecule has 3 amide bonds. The van der Waals surface area contributed by atoms with Crippen molar-refractivity contribution in [1.82, 2.24) is 16.0 Å². The van der Waals surface area contributed by atoms with Gasteiger partial charge in [0.25, 0.3) is 0 Å². The first-order valence-electron chi connectivity index (χ1n) is 39.5. The number of aldehydes is 2. The van der Waals surface area contributed by atoms with Crippen molar-refractivity contribution in [1.29, 1.82) is 0 Å². The number of nitrogens with zero attached hydrogens (tertiary/aromatic N) is 2. The SMILES string of the molecule is CC1(C)C(/C=C/C2=C(Oc3ccc(S(=O)(=O)[O-])cc3)C(=C/C=C3/N(CCCCS(=O)(=O)[O-])c4ccc(S(=O)(=O)[O-])cc4C3(C)C)/CCC2)=[N+](CCCCCC(=O)NCCCCCC(=O)NC23CC4(CCC=O)CC(CCC=O)(CC(CCC(=O)N[C@@H](CCP(=O)(O)CC(CCC(=O)[O-])C(=O)O)C(=O)O)(C4)C2)C3)c2ccc(S(=O)(=O)[O-])cc21. The second-order valence-electron chi connectivity index (χ2n) is 33.7. The molecule has 3 aromatic carbocycles. The number of aliphatic carboxylic acids is 3. The minimum Gasteiger partial charge on any atom is -0.748 e. The first-order valence-corrected chi connectivity index (χ1v) is 47.3. The standard InChI is InChI=1S/C81H108N5O26PS4/c1-76(2)62-46-60(116(106,107)108)27-29-65(62)85(67(76)31-20-55-16-13-17-56(73(55)112-58-23-25-59(26-24-58)115(103,104)105)21-32-68-77(3,4)63-47-61(117(109,110)111)28-30-66(63)86(68)41-11-12-45-114(100,101)102)40-10-6-8-18-69(89)82-39-9-5-7-19-71(91)84-81-52-78(36-14-42-87)49-79(53-81,37-15-43-88)51-80(50-78,54-81)38-34-70(90)83-64(75(96)97)35-44-113(98,99)48-57(74(94)95)22-33-72(92)93/h20-21,23-32,42-43,46-47,57,64H,5-19,22,33-41,44-45,48-54H2,1-4H3,(H10-,82,83,84,89,90,91,92,93,94,95,96,97,98,99,100,101,102,103,104,105,106,107,108,109,110,111)/p-4/t57?,64-,78?,79?,80?,81?/m0/s1. The molecule has 7 aliphatic rings. The van der Waals surface area contributed by atoms with Crippen molar-refractivity contribution in [2.45, 2.75) is 245 Å². The van der Waals surface area contributed by atoms with Crippen LogP contribution in [0.2, 0.25) is 0 Å². The third-order valence-electron chi connectivity index (χ3n) is 23.9. The van der Waals surface area contributed by atoms with Crippen molar-refractivity contribution < 1.29 is 124 Å². The highest BCUT2D eigenvalue weighted by molar-refractivity contribution is 7.86. The Balaban J connectivity index is 0.842. The number of anilines is 1. The van der Waals surface area contributed by atoms with E-state index in [2.05, 4.69) is 16.0 Å². The van der Waals surface area contributed by atoms with Crippen molar-refractivity contribution >= 4 is 113 Å². The Morgan fingerprint density at radius 2 is 1.21 bits per heavy atom. The zero-order valence-electron chi connectivity index (χ0n) is 66.1. The highest BCUT2D eigenvalue weighted by Crippen LogP contribution is 2.74. The Labute approximate surface area is 683 Å². The number of amides is 3. The van der Waals surface area contributed by atoms with Gasteiger partial charge in [0.15, 0.2) is 5.71 Å². The average Bonchev–Trinajstić information content (AvgIpc) is 1.58. The molecule has 31 nitrogen and oxygen atoms in total. The lowest BCUT2D eigenvalue weighted by Crippen LogP contribution is -2.69. The predicted molar refractivity (Wildman–Crippen MR) is 422 cm³/mol. The van der Waals surface area contributed by atoms with Crippen molar-refractivity contribution in [3.8, 4) is 5.75 Å². The zero-order chi connectivity index (χ0) is 86.0. The van der Waals surface area contributed by atoms with E-state index in [4.69, 9.17) is 4.74 Å². The second-order valence-corrected chi connectivity index (χ2v) is 41.9. The summed E-state index contributed by atoms with van der Waals surface area (Å²) in [5.74, 6) is -7.18. The maximum absolute atomic E-state index is 14.1. The molecule has 5 aliphatic carbocycles. The van der Waals surface area contributed by atoms with Crippen LogP contribution in [0.5, 0.6) is 5.75 Å². The summed E-state index contributed by atoms with van der Waals surface area (Å²) in [6, 6.07) is 11.5. The predicted octanol–water partition coefficient (Wildman–Crippen LogP) is 8.41. The molecule has 642 valence electrons. The number of benzene rings is 3. The molecule has 5 atom stereocenters. The molecule has 0 radical (unpaired) electrons. The summed E-state index contributed by atoms with van der Waals surface area (Å²) in [5, 5.41) is 39.4. The van der Waals surface area contributed by atoms with Crippen LogP contribution in [0.3, 0.4) is 0 Å². The summed E-state index contributed by atoms with van der Waals surface area (Å²) in [6.07, 6.45) is 16.5. The van der Waals surface area contributed by atoms with Gasteiger partial charge in [-0.1, -0.05) is 26.3 Å². The number of fused-ring (bicyclic) bond motifs is 2. The van der Waals surface area contributed by atoms with Crippen LogP contribution in [0.4, 0.5) is 11.4 Å². The van der Waals surface area contributed by atoms with Gasteiger partial charge >= 0.3 is 11.9 Å². The van der Waals surface area contributed by atoms with Crippen LogP contribution in [-0.4, -0.2) is 175 Å². The van der Waals surface area contributed by atoms with E-state index in [1.165, 1.54) is 42.5 Å². The maximum Gasteiger partial charge on any atom is 0.326 e. The molecule has 0 saturated heterocycles. The van der Waals surface area contributed by atoms with Crippen LogP contribution in [0.1, 0.15) is 219 Å². The molecule has 0 spiro atoms. The van der Waals surface area contributed by atoms with Crippen LogP contribution in [-0.2, 0) is 94.2 Å². The number of hydrogen-bond donors (Lipinski definition) is 6. The molecule has 117 heavy (non-hydrogen) atoms. The number of nitrogens with one attached hydrogen (secondary N) is 3. The largest absolute Gasteiger partial charge is 0.748 e.